The highest BCUT2D eigenvalue weighted by atomic mass is 32.2. The highest BCUT2D eigenvalue weighted by Gasteiger charge is 2.20. The van der Waals surface area contributed by atoms with Crippen molar-refractivity contribution in [3.63, 3.8) is 0 Å². The van der Waals surface area contributed by atoms with Crippen LogP contribution in [-0.4, -0.2) is 38.9 Å². The molecule has 2 aromatic heterocycles. The normalized spacial score (nSPS) is 15.4. The molecule has 0 radical (unpaired) electrons. The number of para-hydroxylation sites is 1. The number of piperidine rings is 1. The predicted octanol–water partition coefficient (Wildman–Crippen LogP) is 3.57. The van der Waals surface area contributed by atoms with Crippen molar-refractivity contribution >= 4 is 16.5 Å². The largest absolute Gasteiger partial charge is 0.493 e. The molecule has 1 atom stereocenters. The fourth-order valence-electron chi connectivity index (χ4n) is 3.62. The van der Waals surface area contributed by atoms with Crippen LogP contribution in [0.1, 0.15) is 24.8 Å². The van der Waals surface area contributed by atoms with Crippen LogP contribution in [0, 0.1) is 0 Å². The number of pyridine rings is 1. The van der Waals surface area contributed by atoms with Crippen LogP contribution >= 0.6 is 0 Å². The first-order chi connectivity index (χ1) is 13.8. The van der Waals surface area contributed by atoms with Gasteiger partial charge in [0.15, 0.2) is 11.6 Å². The van der Waals surface area contributed by atoms with E-state index in [0.717, 1.165) is 18.7 Å². The Bertz CT molecular complexity index is 966. The molecule has 0 aliphatic carbocycles. The molecule has 3 heterocycles. The summed E-state index contributed by atoms with van der Waals surface area (Å²) in [5.41, 5.74) is 2.27. The van der Waals surface area contributed by atoms with Crippen LogP contribution in [0.2, 0.25) is 0 Å². The van der Waals surface area contributed by atoms with Crippen molar-refractivity contribution in [3.8, 4) is 11.6 Å². The van der Waals surface area contributed by atoms with Crippen LogP contribution in [0.25, 0.3) is 5.82 Å². The molecule has 0 saturated carbocycles. The van der Waals surface area contributed by atoms with Crippen molar-refractivity contribution in [2.24, 2.45) is 0 Å². The van der Waals surface area contributed by atoms with Crippen LogP contribution < -0.4 is 9.64 Å². The van der Waals surface area contributed by atoms with Gasteiger partial charge in [-0.3, -0.25) is 8.78 Å². The van der Waals surface area contributed by atoms with E-state index in [1.165, 1.54) is 24.9 Å². The smallest absolute Gasteiger partial charge is 0.205 e. The molecule has 28 heavy (non-hydrogen) atoms. The number of imidazole rings is 1. The molecular formula is C21H24N4O2S. The Labute approximate surface area is 167 Å². The van der Waals surface area contributed by atoms with Crippen LogP contribution in [0.5, 0.6) is 5.75 Å². The van der Waals surface area contributed by atoms with Crippen LogP contribution in [0.4, 0.5) is 5.69 Å². The Morgan fingerprint density at radius 3 is 2.68 bits per heavy atom. The fourth-order valence-corrected chi connectivity index (χ4v) is 4.82. The van der Waals surface area contributed by atoms with Gasteiger partial charge in [-0.05, 0) is 43.0 Å². The second-order valence-corrected chi connectivity index (χ2v) is 8.12. The summed E-state index contributed by atoms with van der Waals surface area (Å²) in [6.45, 7) is 2.12. The minimum Gasteiger partial charge on any atom is -0.493 e. The number of ether oxygens (including phenoxy) is 1. The summed E-state index contributed by atoms with van der Waals surface area (Å²) >= 11 is 0. The van der Waals surface area contributed by atoms with Crippen LogP contribution in [0.3, 0.4) is 0 Å². The molecule has 1 aliphatic heterocycles. The Hall–Kier alpha value is -2.67. The maximum Gasteiger partial charge on any atom is 0.205 e. The van der Waals surface area contributed by atoms with Crippen molar-refractivity contribution in [1.29, 1.82) is 0 Å². The van der Waals surface area contributed by atoms with E-state index in [2.05, 4.69) is 33.1 Å². The van der Waals surface area contributed by atoms with Crippen molar-refractivity contribution < 1.29 is 8.95 Å². The molecule has 1 aromatic carbocycles. The first-order valence-corrected chi connectivity index (χ1v) is 10.8. The molecule has 4 rings (SSSR count). The summed E-state index contributed by atoms with van der Waals surface area (Å²) in [5, 5.41) is 0.477. The number of hydrogen-bond donors (Lipinski definition) is 0. The zero-order valence-corrected chi connectivity index (χ0v) is 16.8. The van der Waals surface area contributed by atoms with Gasteiger partial charge in [-0.2, -0.15) is 0 Å². The van der Waals surface area contributed by atoms with E-state index in [9.17, 15) is 4.21 Å². The van der Waals surface area contributed by atoms with Gasteiger partial charge < -0.3 is 9.64 Å². The summed E-state index contributed by atoms with van der Waals surface area (Å²) in [5.74, 6) is 1.63. The topological polar surface area (TPSA) is 60.2 Å². The molecule has 0 bridgehead atoms. The van der Waals surface area contributed by atoms with Gasteiger partial charge >= 0.3 is 0 Å². The van der Waals surface area contributed by atoms with E-state index >= 15 is 0 Å². The molecule has 1 saturated heterocycles. The highest BCUT2D eigenvalue weighted by Crippen LogP contribution is 2.27. The highest BCUT2D eigenvalue weighted by molar-refractivity contribution is 7.84. The molecular weight excluding hydrogens is 372 g/mol. The minimum absolute atomic E-state index is 0.416. The number of methoxy groups -OCH3 is 1. The molecule has 0 spiro atoms. The first kappa shape index (κ1) is 18.7. The van der Waals surface area contributed by atoms with Crippen molar-refractivity contribution in [1.82, 2.24) is 14.5 Å². The second kappa shape index (κ2) is 8.56. The standard InChI is InChI=1S/C21H24N4O2S/c1-27-19-10-7-11-22-20(19)25-15-12-23-21(25)28(26)16-17-8-3-4-9-18(17)24-13-5-2-6-14-24/h3-4,7-12,15H,2,5-6,13-14,16H2,1H3. The van der Waals surface area contributed by atoms with E-state index in [-0.39, 0.29) is 0 Å². The lowest BCUT2D eigenvalue weighted by atomic mass is 10.1. The SMILES string of the molecule is COc1cccnc1-n1ccnc1S(=O)Cc1ccccc1N1CCCCC1. The molecule has 3 aromatic rings. The van der Waals surface area contributed by atoms with Gasteiger partial charge in [0.05, 0.1) is 23.7 Å². The molecule has 1 aliphatic rings. The van der Waals surface area contributed by atoms with Crippen molar-refractivity contribution in [2.75, 3.05) is 25.1 Å². The predicted molar refractivity (Wildman–Crippen MR) is 111 cm³/mol. The van der Waals surface area contributed by atoms with Gasteiger partial charge in [0.25, 0.3) is 0 Å². The third-order valence-corrected chi connectivity index (χ3v) is 6.27. The molecule has 7 heteroatoms. The van der Waals surface area contributed by atoms with Crippen molar-refractivity contribution in [3.05, 3.63) is 60.6 Å². The molecule has 0 amide bonds. The lowest BCUT2D eigenvalue weighted by molar-refractivity contribution is 0.409. The summed E-state index contributed by atoms with van der Waals surface area (Å²) in [7, 11) is 0.289. The lowest BCUT2D eigenvalue weighted by Crippen LogP contribution is -2.30. The zero-order chi connectivity index (χ0) is 19.3. The van der Waals surface area contributed by atoms with Crippen LogP contribution in [-0.2, 0) is 16.6 Å². The number of nitrogens with zero attached hydrogens (tertiary/aromatic N) is 4. The van der Waals surface area contributed by atoms with Gasteiger partial charge in [0, 0.05) is 37.4 Å². The Kier molecular flexibility index (Phi) is 5.71. The maximum atomic E-state index is 13.2. The fraction of sp³-hybridized carbons (Fsp3) is 0.333. The van der Waals surface area contributed by atoms with Crippen molar-refractivity contribution in [2.45, 2.75) is 30.2 Å². The third-order valence-electron chi connectivity index (χ3n) is 4.98. The Balaban J connectivity index is 1.62. The molecule has 1 fully saturated rings. The number of rotatable bonds is 6. The quantitative estimate of drug-likeness (QED) is 0.637. The number of benzene rings is 1. The molecule has 1 unspecified atom stereocenters. The lowest BCUT2D eigenvalue weighted by Gasteiger charge is -2.30. The Morgan fingerprint density at radius 1 is 1.04 bits per heavy atom. The van der Waals surface area contributed by atoms with Gasteiger partial charge in [-0.15, -0.1) is 0 Å². The summed E-state index contributed by atoms with van der Waals surface area (Å²) in [6, 6.07) is 11.9. The summed E-state index contributed by atoms with van der Waals surface area (Å²) in [6.07, 6.45) is 8.82. The monoisotopic (exact) mass is 396 g/mol. The Morgan fingerprint density at radius 2 is 1.86 bits per heavy atom. The summed E-state index contributed by atoms with van der Waals surface area (Å²) < 4.78 is 20.4. The van der Waals surface area contributed by atoms with E-state index < -0.39 is 10.8 Å². The molecule has 0 N–H and O–H groups in total. The van der Waals surface area contributed by atoms with E-state index in [1.54, 1.807) is 30.3 Å². The average Bonchev–Trinajstić information content (AvgIpc) is 3.24. The first-order valence-electron chi connectivity index (χ1n) is 9.52. The van der Waals surface area contributed by atoms with Gasteiger partial charge in [-0.1, -0.05) is 18.2 Å². The second-order valence-electron chi connectivity index (χ2n) is 6.78. The van der Waals surface area contributed by atoms with E-state index in [1.807, 2.05) is 18.2 Å². The summed E-state index contributed by atoms with van der Waals surface area (Å²) in [4.78, 5) is 11.2. The number of anilines is 1. The van der Waals surface area contributed by atoms with Gasteiger partial charge in [0.1, 0.15) is 0 Å². The van der Waals surface area contributed by atoms with Gasteiger partial charge in [0.2, 0.25) is 5.16 Å². The minimum atomic E-state index is -1.31. The average molecular weight is 397 g/mol. The maximum absolute atomic E-state index is 13.2. The third kappa shape index (κ3) is 3.80. The van der Waals surface area contributed by atoms with Crippen LogP contribution in [0.15, 0.2) is 60.1 Å². The van der Waals surface area contributed by atoms with E-state index in [4.69, 9.17) is 4.74 Å². The van der Waals surface area contributed by atoms with E-state index in [0.29, 0.717) is 22.5 Å². The number of aromatic nitrogens is 3. The molecule has 146 valence electrons. The molecule has 6 nitrogen and oxygen atoms in total. The number of hydrogen-bond acceptors (Lipinski definition) is 5. The zero-order valence-electron chi connectivity index (χ0n) is 16.0. The van der Waals surface area contributed by atoms with Gasteiger partial charge in [-0.25, -0.2) is 9.97 Å².